The first-order valence-electron chi connectivity index (χ1n) is 7.65. The second-order valence-electron chi connectivity index (χ2n) is 6.11. The van der Waals surface area contributed by atoms with E-state index in [0.717, 1.165) is 18.7 Å². The lowest BCUT2D eigenvalue weighted by molar-refractivity contribution is -0.0444. The van der Waals surface area contributed by atoms with Crippen LogP contribution in [0.2, 0.25) is 0 Å². The van der Waals surface area contributed by atoms with Crippen LogP contribution in [0.4, 0.5) is 0 Å². The number of nitrogens with one attached hydrogen (secondary N) is 2. The maximum absolute atomic E-state index is 12.4. The Hall–Kier alpha value is -0.700. The molecule has 130 valence electrons. The molecule has 0 aliphatic carbocycles. The van der Waals surface area contributed by atoms with Crippen molar-refractivity contribution >= 4 is 22.6 Å². The molecule has 0 spiro atoms. The molecule has 2 atom stereocenters. The third kappa shape index (κ3) is 4.43. The van der Waals surface area contributed by atoms with Crippen LogP contribution in [0.3, 0.4) is 0 Å². The summed E-state index contributed by atoms with van der Waals surface area (Å²) in [5, 5.41) is 3.29. The van der Waals surface area contributed by atoms with Crippen LogP contribution in [0.15, 0.2) is 18.2 Å². The van der Waals surface area contributed by atoms with Crippen LogP contribution in [0.5, 0.6) is 0 Å². The summed E-state index contributed by atoms with van der Waals surface area (Å²) >= 11 is 0. The molecule has 23 heavy (non-hydrogen) atoms. The fourth-order valence-electron chi connectivity index (χ4n) is 3.05. The van der Waals surface area contributed by atoms with E-state index < -0.39 is 10.2 Å². The Morgan fingerprint density at radius 1 is 1.22 bits per heavy atom. The van der Waals surface area contributed by atoms with Gasteiger partial charge in [-0.3, -0.25) is 0 Å². The number of morpholine rings is 1. The van der Waals surface area contributed by atoms with E-state index in [4.69, 9.17) is 4.74 Å². The van der Waals surface area contributed by atoms with Crippen molar-refractivity contribution in [3.8, 4) is 0 Å². The minimum Gasteiger partial charge on any atom is -0.373 e. The zero-order valence-corrected chi connectivity index (χ0v) is 15.0. The lowest BCUT2D eigenvalue weighted by Crippen LogP contribution is -2.51. The average molecular weight is 362 g/mol. The molecule has 2 N–H and O–H groups in total. The lowest BCUT2D eigenvalue weighted by Gasteiger charge is -2.34. The molecular weight excluding hydrogens is 338 g/mol. The molecule has 1 fully saturated rings. The number of halogens is 1. The van der Waals surface area contributed by atoms with Crippen molar-refractivity contribution in [2.24, 2.45) is 0 Å². The van der Waals surface area contributed by atoms with E-state index in [1.807, 2.05) is 19.9 Å². The zero-order chi connectivity index (χ0) is 15.7. The van der Waals surface area contributed by atoms with E-state index in [1.165, 1.54) is 15.4 Å². The van der Waals surface area contributed by atoms with Gasteiger partial charge < -0.3 is 10.1 Å². The van der Waals surface area contributed by atoms with Crippen molar-refractivity contribution in [3.63, 3.8) is 0 Å². The Kier molecular flexibility index (Phi) is 6.05. The van der Waals surface area contributed by atoms with Crippen LogP contribution in [-0.4, -0.2) is 38.0 Å². The van der Waals surface area contributed by atoms with E-state index >= 15 is 0 Å². The predicted molar refractivity (Wildman–Crippen MR) is 91.6 cm³/mol. The van der Waals surface area contributed by atoms with E-state index in [-0.39, 0.29) is 24.6 Å². The third-order valence-corrected chi connectivity index (χ3v) is 5.57. The number of rotatable bonds is 4. The Labute approximate surface area is 144 Å². The number of hydrogen-bond donors (Lipinski definition) is 2. The molecule has 0 amide bonds. The molecule has 3 rings (SSSR count). The minimum atomic E-state index is -3.47. The fourth-order valence-corrected chi connectivity index (χ4v) is 4.39. The van der Waals surface area contributed by atoms with E-state index in [9.17, 15) is 8.42 Å². The molecule has 1 aromatic carbocycles. The monoisotopic (exact) mass is 361 g/mol. The summed E-state index contributed by atoms with van der Waals surface area (Å²) in [6, 6.07) is 6.12. The second kappa shape index (κ2) is 7.46. The largest absolute Gasteiger partial charge is 0.373 e. The van der Waals surface area contributed by atoms with Gasteiger partial charge in [0.2, 0.25) is 0 Å². The number of benzene rings is 1. The van der Waals surface area contributed by atoms with Crippen LogP contribution >= 0.6 is 12.4 Å². The maximum Gasteiger partial charge on any atom is 0.279 e. The summed E-state index contributed by atoms with van der Waals surface area (Å²) in [7, 11) is -3.47. The highest BCUT2D eigenvalue weighted by molar-refractivity contribution is 7.87. The molecule has 0 aromatic heterocycles. The van der Waals surface area contributed by atoms with E-state index in [1.54, 1.807) is 0 Å². The number of nitrogens with zero attached hydrogens (tertiary/aromatic N) is 1. The van der Waals surface area contributed by atoms with Crippen molar-refractivity contribution in [3.05, 3.63) is 34.9 Å². The number of ether oxygens (including phenoxy) is 1. The summed E-state index contributed by atoms with van der Waals surface area (Å²) in [5.41, 5.74) is 3.54. The van der Waals surface area contributed by atoms with Gasteiger partial charge in [0.15, 0.2) is 0 Å². The van der Waals surface area contributed by atoms with Gasteiger partial charge in [-0.05, 0) is 30.5 Å². The standard InChI is InChI=1S/C15H23N3O3S.ClH/c1-11-9-18(10-12(2)21-11)22(19,20)17-6-13-3-4-14-7-16-8-15(14)5-13;/h3-5,11-12,16-17H,6-10H2,1-2H3;1H. The van der Waals surface area contributed by atoms with Gasteiger partial charge in [-0.25, -0.2) is 0 Å². The van der Waals surface area contributed by atoms with Gasteiger partial charge in [-0.2, -0.15) is 17.4 Å². The average Bonchev–Trinajstić information content (AvgIpc) is 2.91. The predicted octanol–water partition coefficient (Wildman–Crippen LogP) is 1.16. The van der Waals surface area contributed by atoms with Gasteiger partial charge in [0.25, 0.3) is 10.2 Å². The first-order valence-corrected chi connectivity index (χ1v) is 9.09. The van der Waals surface area contributed by atoms with Gasteiger partial charge in [-0.15, -0.1) is 12.4 Å². The van der Waals surface area contributed by atoms with Gasteiger partial charge in [0.05, 0.1) is 12.2 Å². The highest BCUT2D eigenvalue weighted by atomic mass is 35.5. The SMILES string of the molecule is CC1CN(S(=O)(=O)NCc2ccc3c(c2)CNC3)CC(C)O1.Cl. The highest BCUT2D eigenvalue weighted by Crippen LogP contribution is 2.18. The molecule has 0 saturated carbocycles. The van der Waals surface area contributed by atoms with Crippen molar-refractivity contribution in [1.82, 2.24) is 14.3 Å². The number of fused-ring (bicyclic) bond motifs is 1. The minimum absolute atomic E-state index is 0. The zero-order valence-electron chi connectivity index (χ0n) is 13.4. The van der Waals surface area contributed by atoms with Crippen molar-refractivity contribution in [2.45, 2.75) is 45.7 Å². The van der Waals surface area contributed by atoms with Crippen LogP contribution < -0.4 is 10.0 Å². The summed E-state index contributed by atoms with van der Waals surface area (Å²) in [6.45, 7) is 6.65. The Morgan fingerprint density at radius 3 is 2.57 bits per heavy atom. The molecule has 6 nitrogen and oxygen atoms in total. The Balaban J connectivity index is 0.00000192. The third-order valence-electron chi connectivity index (χ3n) is 4.09. The van der Waals surface area contributed by atoms with E-state index in [2.05, 4.69) is 22.2 Å². The van der Waals surface area contributed by atoms with Crippen molar-refractivity contribution in [2.75, 3.05) is 13.1 Å². The highest BCUT2D eigenvalue weighted by Gasteiger charge is 2.30. The Morgan fingerprint density at radius 2 is 1.87 bits per heavy atom. The normalized spacial score (nSPS) is 25.0. The topological polar surface area (TPSA) is 70.7 Å². The van der Waals surface area contributed by atoms with Crippen LogP contribution in [0.1, 0.15) is 30.5 Å². The fraction of sp³-hybridized carbons (Fsp3) is 0.600. The molecule has 2 aliphatic heterocycles. The molecule has 2 aliphatic rings. The molecule has 1 saturated heterocycles. The van der Waals surface area contributed by atoms with Gasteiger partial charge in [-0.1, -0.05) is 18.2 Å². The smallest absolute Gasteiger partial charge is 0.279 e. The first kappa shape index (κ1) is 18.6. The van der Waals surface area contributed by atoms with Gasteiger partial charge >= 0.3 is 0 Å². The molecule has 2 heterocycles. The summed E-state index contributed by atoms with van der Waals surface area (Å²) in [4.78, 5) is 0. The van der Waals surface area contributed by atoms with E-state index in [0.29, 0.717) is 19.6 Å². The van der Waals surface area contributed by atoms with Crippen LogP contribution in [-0.2, 0) is 34.6 Å². The first-order chi connectivity index (χ1) is 10.4. The second-order valence-corrected chi connectivity index (χ2v) is 7.86. The summed E-state index contributed by atoms with van der Waals surface area (Å²) < 4.78 is 34.6. The quantitative estimate of drug-likeness (QED) is 0.844. The molecule has 0 radical (unpaired) electrons. The Bertz CT molecular complexity index is 643. The molecule has 2 unspecified atom stereocenters. The van der Waals surface area contributed by atoms with Crippen molar-refractivity contribution in [1.29, 1.82) is 0 Å². The molecule has 8 heteroatoms. The van der Waals surface area contributed by atoms with Gasteiger partial charge in [0.1, 0.15) is 0 Å². The van der Waals surface area contributed by atoms with Crippen LogP contribution in [0.25, 0.3) is 0 Å². The summed E-state index contributed by atoms with van der Waals surface area (Å²) in [6.07, 6.45) is -0.155. The molecule has 1 aromatic rings. The van der Waals surface area contributed by atoms with Gasteiger partial charge in [0, 0.05) is 32.7 Å². The number of hydrogen-bond acceptors (Lipinski definition) is 4. The molecule has 0 bridgehead atoms. The summed E-state index contributed by atoms with van der Waals surface area (Å²) in [5.74, 6) is 0. The maximum atomic E-state index is 12.4. The lowest BCUT2D eigenvalue weighted by atomic mass is 10.1. The molecular formula is C15H24ClN3O3S. The van der Waals surface area contributed by atoms with Crippen molar-refractivity contribution < 1.29 is 13.2 Å². The van der Waals surface area contributed by atoms with Crippen LogP contribution in [0, 0.1) is 0 Å².